The average Bonchev–Trinajstić information content (AvgIpc) is 3.06. The summed E-state index contributed by atoms with van der Waals surface area (Å²) in [7, 11) is 1.49. The summed E-state index contributed by atoms with van der Waals surface area (Å²) in [6.45, 7) is 7.55. The fraction of sp³-hybridized carbons (Fsp3) is 0.360. The summed E-state index contributed by atoms with van der Waals surface area (Å²) >= 11 is 6.20. The van der Waals surface area contributed by atoms with Crippen LogP contribution in [0.25, 0.3) is 5.76 Å². The third-order valence-corrected chi connectivity index (χ3v) is 6.28. The van der Waals surface area contributed by atoms with E-state index in [2.05, 4.69) is 13.8 Å². The number of ether oxygens (including phenoxy) is 1. The molecule has 3 rings (SSSR count). The molecule has 2 aromatic rings. The molecule has 1 saturated heterocycles. The molecule has 0 bridgehead atoms. The molecule has 1 fully saturated rings. The molecular formula is C25H29ClN2O4. The number of likely N-dealkylation sites (tertiary alicyclic amines) is 1. The Bertz CT molecular complexity index is 1000. The Balaban J connectivity index is 2.02. The molecule has 6 nitrogen and oxygen atoms in total. The third-order valence-electron chi connectivity index (χ3n) is 5.99. The second kappa shape index (κ2) is 10.7. The minimum absolute atomic E-state index is 0.0300. The van der Waals surface area contributed by atoms with E-state index in [9.17, 15) is 14.7 Å². The number of hydrogen-bond donors (Lipinski definition) is 1. The van der Waals surface area contributed by atoms with Crippen molar-refractivity contribution in [2.24, 2.45) is 0 Å². The predicted octanol–water partition coefficient (Wildman–Crippen LogP) is 1.89. The molecule has 1 amide bonds. The largest absolute Gasteiger partial charge is 0.872 e. The Morgan fingerprint density at radius 3 is 2.41 bits per heavy atom. The van der Waals surface area contributed by atoms with Gasteiger partial charge in [0.25, 0.3) is 5.91 Å². The molecule has 170 valence electrons. The van der Waals surface area contributed by atoms with Gasteiger partial charge in [0.2, 0.25) is 5.78 Å². The zero-order chi connectivity index (χ0) is 23.3. The first-order chi connectivity index (χ1) is 15.4. The maximum absolute atomic E-state index is 13.4. The van der Waals surface area contributed by atoms with Gasteiger partial charge in [0, 0.05) is 18.5 Å². The summed E-state index contributed by atoms with van der Waals surface area (Å²) in [5.41, 5.74) is 0.963. The van der Waals surface area contributed by atoms with Gasteiger partial charge in [-0.1, -0.05) is 53.8 Å². The van der Waals surface area contributed by atoms with Gasteiger partial charge < -0.3 is 19.6 Å². The molecule has 1 N–H and O–H groups in total. The summed E-state index contributed by atoms with van der Waals surface area (Å²) in [6, 6.07) is 13.1. The van der Waals surface area contributed by atoms with Crippen LogP contribution in [0.4, 0.5) is 0 Å². The molecule has 1 aliphatic rings. The van der Waals surface area contributed by atoms with Gasteiger partial charge in [-0.2, -0.15) is 0 Å². The van der Waals surface area contributed by atoms with Crippen molar-refractivity contribution < 1.29 is 24.3 Å². The Hall–Kier alpha value is -2.83. The zero-order valence-electron chi connectivity index (χ0n) is 18.7. The van der Waals surface area contributed by atoms with Crippen LogP contribution in [0.15, 0.2) is 54.1 Å². The number of ketones is 1. The monoisotopic (exact) mass is 456 g/mol. The lowest BCUT2D eigenvalue weighted by Gasteiger charge is -2.28. The van der Waals surface area contributed by atoms with E-state index in [4.69, 9.17) is 16.3 Å². The molecule has 0 spiro atoms. The van der Waals surface area contributed by atoms with Crippen LogP contribution in [0.2, 0.25) is 5.02 Å². The number of Topliss-reactive ketones (excluding diaryl/α,β-unsaturated/α-hetero) is 1. The lowest BCUT2D eigenvalue weighted by Crippen LogP contribution is -3.11. The zero-order valence-corrected chi connectivity index (χ0v) is 19.4. The van der Waals surface area contributed by atoms with Crippen LogP contribution in [0.1, 0.15) is 37.4 Å². The highest BCUT2D eigenvalue weighted by Gasteiger charge is 2.43. The molecular weight excluding hydrogens is 428 g/mol. The lowest BCUT2D eigenvalue weighted by atomic mass is 9.95. The van der Waals surface area contributed by atoms with E-state index in [0.717, 1.165) is 31.6 Å². The number of methoxy groups -OCH3 is 1. The van der Waals surface area contributed by atoms with E-state index in [1.807, 2.05) is 30.3 Å². The van der Waals surface area contributed by atoms with E-state index in [1.165, 1.54) is 18.1 Å². The van der Waals surface area contributed by atoms with Crippen LogP contribution < -0.4 is 14.7 Å². The Morgan fingerprint density at radius 1 is 1.12 bits per heavy atom. The molecule has 0 aromatic heterocycles. The first kappa shape index (κ1) is 23.8. The van der Waals surface area contributed by atoms with Gasteiger partial charge in [0.05, 0.1) is 37.8 Å². The molecule has 0 saturated carbocycles. The summed E-state index contributed by atoms with van der Waals surface area (Å²) in [6.07, 6.45) is 0.745. The molecule has 1 aliphatic heterocycles. The molecule has 1 atom stereocenters. The van der Waals surface area contributed by atoms with Gasteiger partial charge in [0.1, 0.15) is 5.75 Å². The van der Waals surface area contributed by atoms with Crippen molar-refractivity contribution in [2.75, 3.05) is 33.3 Å². The molecule has 32 heavy (non-hydrogen) atoms. The predicted molar refractivity (Wildman–Crippen MR) is 122 cm³/mol. The van der Waals surface area contributed by atoms with Gasteiger partial charge in [-0.15, -0.1) is 0 Å². The number of halogens is 1. The Labute approximate surface area is 194 Å². The second-order valence-corrected chi connectivity index (χ2v) is 8.20. The summed E-state index contributed by atoms with van der Waals surface area (Å²) in [5, 5.41) is 13.7. The van der Waals surface area contributed by atoms with E-state index < -0.39 is 23.5 Å². The fourth-order valence-electron chi connectivity index (χ4n) is 4.15. The fourth-order valence-corrected chi connectivity index (χ4v) is 4.41. The number of hydrogen-bond acceptors (Lipinski definition) is 4. The molecule has 0 aliphatic carbocycles. The minimum Gasteiger partial charge on any atom is -0.872 e. The topological polar surface area (TPSA) is 74.1 Å². The normalized spacial score (nSPS) is 17.9. The SMILES string of the molecule is CC[NH+](CC)CCCN1C(=O)C(=O)/C(=C(/[O-])c2ccc(OC)c(Cl)c2)C1c1ccccc1. The van der Waals surface area contributed by atoms with Crippen molar-refractivity contribution in [3.63, 3.8) is 0 Å². The average molecular weight is 457 g/mol. The number of nitrogens with zero attached hydrogens (tertiary/aromatic N) is 1. The van der Waals surface area contributed by atoms with E-state index in [-0.39, 0.29) is 16.2 Å². The van der Waals surface area contributed by atoms with E-state index >= 15 is 0 Å². The van der Waals surface area contributed by atoms with Gasteiger partial charge in [-0.25, -0.2) is 0 Å². The van der Waals surface area contributed by atoms with Crippen molar-refractivity contribution >= 4 is 29.1 Å². The number of amides is 1. The lowest BCUT2D eigenvalue weighted by molar-refractivity contribution is -0.896. The van der Waals surface area contributed by atoms with Gasteiger partial charge in [-0.05, 0) is 37.1 Å². The highest BCUT2D eigenvalue weighted by atomic mass is 35.5. The van der Waals surface area contributed by atoms with Crippen LogP contribution in [0.5, 0.6) is 5.75 Å². The van der Waals surface area contributed by atoms with Crippen molar-refractivity contribution in [3.8, 4) is 5.75 Å². The number of carbonyl (C=O) groups is 2. The number of quaternary nitrogens is 1. The van der Waals surface area contributed by atoms with Crippen LogP contribution in [0.3, 0.4) is 0 Å². The summed E-state index contributed by atoms with van der Waals surface area (Å²) in [5.74, 6) is -1.43. The molecule has 7 heteroatoms. The first-order valence-electron chi connectivity index (χ1n) is 10.9. The van der Waals surface area contributed by atoms with Crippen molar-refractivity contribution in [2.45, 2.75) is 26.3 Å². The van der Waals surface area contributed by atoms with Crippen LogP contribution in [-0.4, -0.2) is 49.9 Å². The van der Waals surface area contributed by atoms with Crippen molar-refractivity contribution in [3.05, 3.63) is 70.3 Å². The molecule has 1 unspecified atom stereocenters. The third kappa shape index (κ3) is 4.81. The highest BCUT2D eigenvalue weighted by molar-refractivity contribution is 6.46. The number of carbonyl (C=O) groups excluding carboxylic acids is 2. The maximum atomic E-state index is 13.4. The Morgan fingerprint density at radius 2 is 1.81 bits per heavy atom. The summed E-state index contributed by atoms with van der Waals surface area (Å²) < 4.78 is 5.15. The van der Waals surface area contributed by atoms with Gasteiger partial charge >= 0.3 is 0 Å². The Kier molecular flexibility index (Phi) is 7.94. The summed E-state index contributed by atoms with van der Waals surface area (Å²) in [4.78, 5) is 29.0. The maximum Gasteiger partial charge on any atom is 0.295 e. The number of rotatable bonds is 9. The number of benzene rings is 2. The molecule has 1 heterocycles. The number of nitrogens with one attached hydrogen (secondary N) is 1. The van der Waals surface area contributed by atoms with Crippen LogP contribution in [-0.2, 0) is 9.59 Å². The standard InChI is InChI=1S/C25H29ClN2O4/c1-4-27(5-2)14-9-15-28-22(17-10-7-6-8-11-17)21(24(30)25(28)31)23(29)18-12-13-20(32-3)19(26)16-18/h6-8,10-13,16,22,29H,4-5,9,14-15H2,1-3H3/b23-21+. The van der Waals surface area contributed by atoms with E-state index in [1.54, 1.807) is 17.0 Å². The van der Waals surface area contributed by atoms with Crippen LogP contribution >= 0.6 is 11.6 Å². The van der Waals surface area contributed by atoms with Gasteiger partial charge in [0.15, 0.2) is 0 Å². The van der Waals surface area contributed by atoms with E-state index in [0.29, 0.717) is 12.3 Å². The first-order valence-corrected chi connectivity index (χ1v) is 11.3. The van der Waals surface area contributed by atoms with Crippen molar-refractivity contribution in [1.29, 1.82) is 0 Å². The highest BCUT2D eigenvalue weighted by Crippen LogP contribution is 2.39. The van der Waals surface area contributed by atoms with Crippen molar-refractivity contribution in [1.82, 2.24) is 4.90 Å². The second-order valence-electron chi connectivity index (χ2n) is 7.79. The molecule has 2 aromatic carbocycles. The molecule has 0 radical (unpaired) electrons. The smallest absolute Gasteiger partial charge is 0.295 e. The van der Waals surface area contributed by atoms with Crippen LogP contribution in [0, 0.1) is 0 Å². The quantitative estimate of drug-likeness (QED) is 0.355. The van der Waals surface area contributed by atoms with Gasteiger partial charge in [-0.3, -0.25) is 9.59 Å². The minimum atomic E-state index is -0.744.